The predicted molar refractivity (Wildman–Crippen MR) is 59.7 cm³/mol. The molecule has 1 aromatic rings. The van der Waals surface area contributed by atoms with Crippen LogP contribution < -0.4 is 0 Å². The van der Waals surface area contributed by atoms with Crippen LogP contribution in [-0.2, 0) is 0 Å². The summed E-state index contributed by atoms with van der Waals surface area (Å²) in [7, 11) is 1.60. The van der Waals surface area contributed by atoms with Crippen molar-refractivity contribution in [2.24, 2.45) is 0 Å². The highest BCUT2D eigenvalue weighted by Gasteiger charge is 2.20. The number of hydrogen-bond donors (Lipinski definition) is 1. The molecule has 0 aliphatic rings. The van der Waals surface area contributed by atoms with Gasteiger partial charge in [-0.25, -0.2) is 4.39 Å². The summed E-state index contributed by atoms with van der Waals surface area (Å²) < 4.78 is 12.7. The van der Waals surface area contributed by atoms with E-state index in [1.54, 1.807) is 20.9 Å². The third-order valence-corrected chi connectivity index (χ3v) is 2.06. The lowest BCUT2D eigenvalue weighted by atomic mass is 10.1. The van der Waals surface area contributed by atoms with Gasteiger partial charge in [-0.3, -0.25) is 4.79 Å². The fourth-order valence-corrected chi connectivity index (χ4v) is 1.47. The van der Waals surface area contributed by atoms with Gasteiger partial charge in [0.1, 0.15) is 5.82 Å². The van der Waals surface area contributed by atoms with Crippen LogP contribution in [0.2, 0.25) is 0 Å². The molecule has 16 heavy (non-hydrogen) atoms. The molecule has 0 radical (unpaired) electrons. The molecule has 0 saturated heterocycles. The summed E-state index contributed by atoms with van der Waals surface area (Å²) in [5.41, 5.74) is -0.530. The number of benzene rings is 1. The number of aliphatic hydroxyl groups is 1. The molecule has 0 heterocycles. The topological polar surface area (TPSA) is 40.5 Å². The molecule has 0 bridgehead atoms. The zero-order valence-electron chi connectivity index (χ0n) is 9.70. The molecule has 1 rings (SSSR count). The van der Waals surface area contributed by atoms with Crippen molar-refractivity contribution < 1.29 is 14.3 Å². The molecule has 0 unspecified atom stereocenters. The first kappa shape index (κ1) is 12.6. The molecule has 1 N–H and O–H groups in total. The molecule has 0 atom stereocenters. The monoisotopic (exact) mass is 225 g/mol. The highest BCUT2D eigenvalue weighted by Crippen LogP contribution is 2.09. The van der Waals surface area contributed by atoms with Gasteiger partial charge in [0.05, 0.1) is 5.60 Å². The Kier molecular flexibility index (Phi) is 3.65. The second-order valence-electron chi connectivity index (χ2n) is 4.48. The number of carbonyl (C=O) groups is 1. The Morgan fingerprint density at radius 2 is 1.88 bits per heavy atom. The maximum absolute atomic E-state index is 12.7. The van der Waals surface area contributed by atoms with Gasteiger partial charge < -0.3 is 10.0 Å². The van der Waals surface area contributed by atoms with Gasteiger partial charge in [-0.15, -0.1) is 0 Å². The van der Waals surface area contributed by atoms with Crippen LogP contribution in [0.25, 0.3) is 0 Å². The number of halogens is 1. The first-order chi connectivity index (χ1) is 7.29. The quantitative estimate of drug-likeness (QED) is 0.850. The minimum Gasteiger partial charge on any atom is -0.389 e. The third-order valence-electron chi connectivity index (χ3n) is 2.06. The Labute approximate surface area is 94.5 Å². The second-order valence-corrected chi connectivity index (χ2v) is 4.48. The van der Waals surface area contributed by atoms with Crippen molar-refractivity contribution in [1.82, 2.24) is 4.90 Å². The largest absolute Gasteiger partial charge is 0.389 e. The summed E-state index contributed by atoms with van der Waals surface area (Å²) in [6.07, 6.45) is 0. The summed E-state index contributed by atoms with van der Waals surface area (Å²) in [6.45, 7) is 3.48. The molecule has 0 aromatic heterocycles. The van der Waals surface area contributed by atoms with E-state index in [0.717, 1.165) is 0 Å². The summed E-state index contributed by atoms with van der Waals surface area (Å²) in [4.78, 5) is 13.2. The average molecular weight is 225 g/mol. The van der Waals surface area contributed by atoms with Gasteiger partial charge in [-0.2, -0.15) is 0 Å². The molecular weight excluding hydrogens is 209 g/mol. The molecule has 1 amide bonds. The summed E-state index contributed by atoms with van der Waals surface area (Å²) in [6, 6.07) is 5.34. The zero-order chi connectivity index (χ0) is 12.3. The summed E-state index contributed by atoms with van der Waals surface area (Å²) in [5, 5.41) is 9.57. The van der Waals surface area contributed by atoms with Crippen molar-refractivity contribution in [1.29, 1.82) is 0 Å². The first-order valence-electron chi connectivity index (χ1n) is 5.03. The highest BCUT2D eigenvalue weighted by molar-refractivity contribution is 5.94. The van der Waals surface area contributed by atoms with Crippen molar-refractivity contribution >= 4 is 5.91 Å². The molecule has 0 spiro atoms. The van der Waals surface area contributed by atoms with Crippen LogP contribution in [0.5, 0.6) is 0 Å². The fourth-order valence-electron chi connectivity index (χ4n) is 1.47. The van der Waals surface area contributed by atoms with Crippen LogP contribution in [0.1, 0.15) is 24.2 Å². The van der Waals surface area contributed by atoms with Gasteiger partial charge in [0.2, 0.25) is 0 Å². The second kappa shape index (κ2) is 4.61. The lowest BCUT2D eigenvalue weighted by Gasteiger charge is -2.25. The van der Waals surface area contributed by atoms with E-state index in [2.05, 4.69) is 0 Å². The fraction of sp³-hybridized carbons (Fsp3) is 0.417. The number of nitrogens with zero attached hydrogens (tertiary/aromatic N) is 1. The number of hydrogen-bond acceptors (Lipinski definition) is 2. The van der Waals surface area contributed by atoms with E-state index in [4.69, 9.17) is 0 Å². The molecule has 0 saturated carbocycles. The molecule has 88 valence electrons. The van der Waals surface area contributed by atoms with Crippen molar-refractivity contribution in [2.75, 3.05) is 13.6 Å². The molecule has 3 nitrogen and oxygen atoms in total. The summed E-state index contributed by atoms with van der Waals surface area (Å²) in [5.74, 6) is -0.608. The van der Waals surface area contributed by atoms with Gasteiger partial charge in [-0.1, -0.05) is 0 Å². The Bertz CT molecular complexity index is 368. The average Bonchev–Trinajstić information content (AvgIpc) is 2.15. The third kappa shape index (κ3) is 3.62. The minimum absolute atomic E-state index is 0.225. The molecular formula is C12H16FNO2. The standard InChI is InChI=1S/C12H16FNO2/c1-12(2,16)8-14(3)11(15)9-4-6-10(13)7-5-9/h4-7,16H,8H2,1-3H3. The molecule has 1 aromatic carbocycles. The SMILES string of the molecule is CN(CC(C)(C)O)C(=O)c1ccc(F)cc1. The number of likely N-dealkylation sites (N-methyl/N-ethyl adjacent to an activating group) is 1. The van der Waals surface area contributed by atoms with Gasteiger partial charge in [0, 0.05) is 19.2 Å². The van der Waals surface area contributed by atoms with Crippen molar-refractivity contribution in [2.45, 2.75) is 19.4 Å². The van der Waals surface area contributed by atoms with E-state index in [1.165, 1.54) is 29.2 Å². The molecule has 0 aliphatic carbocycles. The summed E-state index contributed by atoms with van der Waals surface area (Å²) >= 11 is 0. The normalized spacial score (nSPS) is 11.3. The van der Waals surface area contributed by atoms with E-state index in [-0.39, 0.29) is 18.3 Å². The first-order valence-corrected chi connectivity index (χ1v) is 5.03. The van der Waals surface area contributed by atoms with Gasteiger partial charge in [0.25, 0.3) is 5.91 Å². The van der Waals surface area contributed by atoms with Gasteiger partial charge in [-0.05, 0) is 38.1 Å². The van der Waals surface area contributed by atoms with Crippen LogP contribution in [0.15, 0.2) is 24.3 Å². The maximum atomic E-state index is 12.7. The highest BCUT2D eigenvalue weighted by atomic mass is 19.1. The Balaban J connectivity index is 2.74. The zero-order valence-corrected chi connectivity index (χ0v) is 9.70. The number of amides is 1. The van der Waals surface area contributed by atoms with E-state index < -0.39 is 5.60 Å². The van der Waals surface area contributed by atoms with E-state index in [0.29, 0.717) is 5.56 Å². The Morgan fingerprint density at radius 3 is 2.31 bits per heavy atom. The lowest BCUT2D eigenvalue weighted by Crippen LogP contribution is -2.39. The van der Waals surface area contributed by atoms with Crippen molar-refractivity contribution in [3.05, 3.63) is 35.6 Å². The van der Waals surface area contributed by atoms with Crippen LogP contribution in [0, 0.1) is 5.82 Å². The van der Waals surface area contributed by atoms with E-state index >= 15 is 0 Å². The molecule has 0 aliphatic heterocycles. The van der Waals surface area contributed by atoms with E-state index in [1.807, 2.05) is 0 Å². The Hall–Kier alpha value is -1.42. The maximum Gasteiger partial charge on any atom is 0.253 e. The molecule has 0 fully saturated rings. The predicted octanol–water partition coefficient (Wildman–Crippen LogP) is 1.67. The van der Waals surface area contributed by atoms with Crippen LogP contribution in [0.4, 0.5) is 4.39 Å². The smallest absolute Gasteiger partial charge is 0.253 e. The van der Waals surface area contributed by atoms with Crippen LogP contribution in [-0.4, -0.2) is 35.1 Å². The molecule has 4 heteroatoms. The van der Waals surface area contributed by atoms with Crippen LogP contribution in [0.3, 0.4) is 0 Å². The van der Waals surface area contributed by atoms with Crippen molar-refractivity contribution in [3.8, 4) is 0 Å². The van der Waals surface area contributed by atoms with Gasteiger partial charge >= 0.3 is 0 Å². The Morgan fingerprint density at radius 1 is 1.38 bits per heavy atom. The van der Waals surface area contributed by atoms with Gasteiger partial charge in [0.15, 0.2) is 0 Å². The number of rotatable bonds is 3. The van der Waals surface area contributed by atoms with Crippen LogP contribution >= 0.6 is 0 Å². The van der Waals surface area contributed by atoms with Crippen molar-refractivity contribution in [3.63, 3.8) is 0 Å². The minimum atomic E-state index is -0.940. The van der Waals surface area contributed by atoms with E-state index in [9.17, 15) is 14.3 Å². The lowest BCUT2D eigenvalue weighted by molar-refractivity contribution is 0.0368. The number of carbonyl (C=O) groups excluding carboxylic acids is 1.